The Labute approximate surface area is 102 Å². The number of benzene rings is 1. The number of nitrogens with zero attached hydrogens (tertiary/aromatic N) is 2. The van der Waals surface area contributed by atoms with Crippen molar-refractivity contribution in [2.75, 3.05) is 18.4 Å². The van der Waals surface area contributed by atoms with Crippen molar-refractivity contribution >= 4 is 25.0 Å². The lowest BCUT2D eigenvalue weighted by atomic mass is 10.0. The van der Waals surface area contributed by atoms with Gasteiger partial charge in [0.1, 0.15) is 0 Å². The molecule has 0 atom stereocenters. The number of hydrogen-bond donors (Lipinski definition) is 2. The van der Waals surface area contributed by atoms with Crippen LogP contribution < -0.4 is 5.32 Å². The Morgan fingerprint density at radius 1 is 1.29 bits per heavy atom. The van der Waals surface area contributed by atoms with Gasteiger partial charge in [-0.15, -0.1) is 0 Å². The first-order valence-corrected chi connectivity index (χ1v) is 6.21. The predicted molar refractivity (Wildman–Crippen MR) is 72.9 cm³/mol. The molecule has 0 amide bonds. The van der Waals surface area contributed by atoms with Gasteiger partial charge < -0.3 is 15.1 Å². The zero-order chi connectivity index (χ0) is 11.7. The number of aromatic nitrogens is 2. The van der Waals surface area contributed by atoms with E-state index in [0.717, 1.165) is 30.1 Å². The molecule has 88 valence electrons. The van der Waals surface area contributed by atoms with E-state index < -0.39 is 0 Å². The largest absolute Gasteiger partial charge is 0.353 e. The van der Waals surface area contributed by atoms with Crippen molar-refractivity contribution in [3.63, 3.8) is 0 Å². The fraction of sp³-hybridized carbons (Fsp3) is 0.417. The highest BCUT2D eigenvalue weighted by atomic mass is 15.1. The Bertz CT molecular complexity index is 469. The van der Waals surface area contributed by atoms with E-state index in [1.165, 1.54) is 12.8 Å². The van der Waals surface area contributed by atoms with Gasteiger partial charge in [-0.3, -0.25) is 0 Å². The van der Waals surface area contributed by atoms with Crippen LogP contribution in [-0.4, -0.2) is 41.9 Å². The molecular formula is C12H17BN4. The highest BCUT2D eigenvalue weighted by Crippen LogP contribution is 2.17. The molecule has 0 unspecified atom stereocenters. The van der Waals surface area contributed by atoms with Crippen molar-refractivity contribution in [1.82, 2.24) is 14.8 Å². The van der Waals surface area contributed by atoms with Crippen LogP contribution in [0.5, 0.6) is 0 Å². The van der Waals surface area contributed by atoms with E-state index in [-0.39, 0.29) is 0 Å². The Morgan fingerprint density at radius 2 is 2.06 bits per heavy atom. The summed E-state index contributed by atoms with van der Waals surface area (Å²) >= 11 is 0. The number of piperidine rings is 1. The summed E-state index contributed by atoms with van der Waals surface area (Å²) in [6.07, 6.45) is 2.38. The summed E-state index contributed by atoms with van der Waals surface area (Å²) in [5.74, 6) is 0.903. The van der Waals surface area contributed by atoms with E-state index in [1.807, 2.05) is 18.2 Å². The minimum absolute atomic E-state index is 0.548. The summed E-state index contributed by atoms with van der Waals surface area (Å²) < 4.78 is 0. The maximum absolute atomic E-state index is 4.55. The lowest BCUT2D eigenvalue weighted by Gasteiger charge is -2.29. The van der Waals surface area contributed by atoms with Crippen molar-refractivity contribution in [2.24, 2.45) is 0 Å². The Balaban J connectivity index is 1.72. The number of imidazole rings is 1. The number of hydrogen-bond acceptors (Lipinski definition) is 3. The van der Waals surface area contributed by atoms with Crippen LogP contribution in [0.2, 0.25) is 0 Å². The third kappa shape index (κ3) is 2.29. The summed E-state index contributed by atoms with van der Waals surface area (Å²) in [7, 11) is 2.18. The van der Waals surface area contributed by atoms with Crippen LogP contribution in [0.4, 0.5) is 5.95 Å². The van der Waals surface area contributed by atoms with Crippen molar-refractivity contribution in [3.05, 3.63) is 24.3 Å². The average molecular weight is 228 g/mol. The molecule has 2 heterocycles. The van der Waals surface area contributed by atoms with Gasteiger partial charge >= 0.3 is 0 Å². The number of aromatic amines is 1. The van der Waals surface area contributed by atoms with Crippen molar-refractivity contribution < 1.29 is 0 Å². The predicted octanol–water partition coefficient (Wildman–Crippen LogP) is 0.987. The molecule has 5 heteroatoms. The van der Waals surface area contributed by atoms with Crippen LogP contribution >= 0.6 is 0 Å². The Kier molecular flexibility index (Phi) is 2.77. The van der Waals surface area contributed by atoms with E-state index >= 15 is 0 Å². The SMILES string of the molecule is BN1CCC(Nc2nc3ccccc3[nH]2)CC1. The highest BCUT2D eigenvalue weighted by Gasteiger charge is 2.17. The molecule has 17 heavy (non-hydrogen) atoms. The summed E-state index contributed by atoms with van der Waals surface area (Å²) in [5, 5.41) is 3.50. The van der Waals surface area contributed by atoms with E-state index in [4.69, 9.17) is 0 Å². The summed E-state index contributed by atoms with van der Waals surface area (Å²) in [5.41, 5.74) is 2.13. The van der Waals surface area contributed by atoms with Crippen molar-refractivity contribution in [2.45, 2.75) is 18.9 Å². The fourth-order valence-corrected chi connectivity index (χ4v) is 2.37. The quantitative estimate of drug-likeness (QED) is 0.753. The first-order valence-electron chi connectivity index (χ1n) is 6.21. The van der Waals surface area contributed by atoms with Crippen LogP contribution in [0.25, 0.3) is 11.0 Å². The van der Waals surface area contributed by atoms with E-state index in [2.05, 4.69) is 34.1 Å². The Morgan fingerprint density at radius 3 is 2.82 bits per heavy atom. The summed E-state index contributed by atoms with van der Waals surface area (Å²) in [4.78, 5) is 10.2. The smallest absolute Gasteiger partial charge is 0.201 e. The number of para-hydroxylation sites is 2. The van der Waals surface area contributed by atoms with Gasteiger partial charge in [-0.2, -0.15) is 0 Å². The van der Waals surface area contributed by atoms with Crippen LogP contribution in [-0.2, 0) is 0 Å². The van der Waals surface area contributed by atoms with Crippen molar-refractivity contribution in [1.29, 1.82) is 0 Å². The summed E-state index contributed by atoms with van der Waals surface area (Å²) in [6, 6.07) is 8.68. The highest BCUT2D eigenvalue weighted by molar-refractivity contribution is 6.04. The topological polar surface area (TPSA) is 44.0 Å². The van der Waals surface area contributed by atoms with Crippen molar-refractivity contribution in [3.8, 4) is 0 Å². The van der Waals surface area contributed by atoms with E-state index in [0.29, 0.717) is 6.04 Å². The normalized spacial score (nSPS) is 18.6. The fourth-order valence-electron chi connectivity index (χ4n) is 2.37. The molecule has 2 aromatic rings. The zero-order valence-electron chi connectivity index (χ0n) is 10.1. The first kappa shape index (κ1) is 10.7. The van der Waals surface area contributed by atoms with Crippen LogP contribution in [0.15, 0.2) is 24.3 Å². The first-order chi connectivity index (χ1) is 8.31. The molecule has 3 rings (SSSR count). The molecule has 1 saturated heterocycles. The van der Waals surface area contributed by atoms with Gasteiger partial charge in [-0.05, 0) is 38.1 Å². The molecule has 1 fully saturated rings. The van der Waals surface area contributed by atoms with Crippen LogP contribution in [0.1, 0.15) is 12.8 Å². The lowest BCUT2D eigenvalue weighted by molar-refractivity contribution is 0.346. The molecule has 0 aliphatic carbocycles. The zero-order valence-corrected chi connectivity index (χ0v) is 10.1. The Hall–Kier alpha value is -1.49. The minimum atomic E-state index is 0.548. The number of fused-ring (bicyclic) bond motifs is 1. The second kappa shape index (κ2) is 4.41. The molecule has 0 bridgehead atoms. The van der Waals surface area contributed by atoms with Gasteiger partial charge in [-0.1, -0.05) is 12.1 Å². The number of nitrogens with one attached hydrogen (secondary N) is 2. The maximum atomic E-state index is 4.55. The van der Waals surface area contributed by atoms with E-state index in [1.54, 1.807) is 0 Å². The number of rotatable bonds is 2. The van der Waals surface area contributed by atoms with Gasteiger partial charge in [0, 0.05) is 6.04 Å². The lowest BCUT2D eigenvalue weighted by Crippen LogP contribution is -2.37. The molecule has 0 radical (unpaired) electrons. The maximum Gasteiger partial charge on any atom is 0.201 e. The molecular weight excluding hydrogens is 211 g/mol. The molecule has 4 nitrogen and oxygen atoms in total. The third-order valence-electron chi connectivity index (χ3n) is 3.45. The summed E-state index contributed by atoms with van der Waals surface area (Å²) in [6.45, 7) is 2.33. The third-order valence-corrected chi connectivity index (χ3v) is 3.45. The average Bonchev–Trinajstić information content (AvgIpc) is 2.74. The molecule has 1 aliphatic heterocycles. The van der Waals surface area contributed by atoms with Gasteiger partial charge in [0.05, 0.1) is 11.0 Å². The van der Waals surface area contributed by atoms with Gasteiger partial charge in [0.25, 0.3) is 0 Å². The molecule has 0 saturated carbocycles. The molecule has 1 aliphatic rings. The van der Waals surface area contributed by atoms with Crippen LogP contribution in [0, 0.1) is 0 Å². The van der Waals surface area contributed by atoms with Gasteiger partial charge in [0.15, 0.2) is 7.98 Å². The minimum Gasteiger partial charge on any atom is -0.353 e. The molecule has 1 aromatic heterocycles. The second-order valence-corrected chi connectivity index (χ2v) is 4.82. The van der Waals surface area contributed by atoms with E-state index in [9.17, 15) is 0 Å². The monoisotopic (exact) mass is 228 g/mol. The number of anilines is 1. The molecule has 1 aromatic carbocycles. The second-order valence-electron chi connectivity index (χ2n) is 4.82. The van der Waals surface area contributed by atoms with Crippen LogP contribution in [0.3, 0.4) is 0 Å². The number of H-pyrrole nitrogens is 1. The molecule has 0 spiro atoms. The van der Waals surface area contributed by atoms with Gasteiger partial charge in [-0.25, -0.2) is 4.98 Å². The molecule has 2 N–H and O–H groups in total. The van der Waals surface area contributed by atoms with Gasteiger partial charge in [0.2, 0.25) is 5.95 Å². The standard InChI is InChI=1S/C12H17BN4/c13-17-7-5-9(6-8-17)14-12-15-10-3-1-2-4-11(10)16-12/h1-4,9H,5-8,13H2,(H2,14,15,16).